The zero-order chi connectivity index (χ0) is 12.5. The molecule has 1 heterocycles. The Bertz CT molecular complexity index is 493. The van der Waals surface area contributed by atoms with E-state index in [0.717, 1.165) is 18.3 Å². The molecule has 0 spiro atoms. The molecule has 2 atom stereocenters. The summed E-state index contributed by atoms with van der Waals surface area (Å²) >= 11 is 5.88. The second-order valence-electron chi connectivity index (χ2n) is 5.00. The number of nitrogens with zero attached hydrogens (tertiary/aromatic N) is 2. The Balaban J connectivity index is 1.53. The van der Waals surface area contributed by atoms with E-state index in [9.17, 15) is 0 Å². The van der Waals surface area contributed by atoms with Crippen molar-refractivity contribution in [2.45, 2.75) is 31.3 Å². The van der Waals surface area contributed by atoms with Gasteiger partial charge in [0.2, 0.25) is 0 Å². The smallest absolute Gasteiger partial charge is 0.120 e. The predicted octanol–water partition coefficient (Wildman–Crippen LogP) is 2.83. The molecule has 0 aromatic heterocycles. The van der Waals surface area contributed by atoms with Crippen LogP contribution in [0.1, 0.15) is 24.8 Å². The third-order valence-electron chi connectivity index (χ3n) is 3.80. The number of ether oxygens (including phenoxy) is 1. The molecule has 4 heteroatoms. The molecule has 0 N–H and O–H groups in total. The van der Waals surface area contributed by atoms with Gasteiger partial charge in [0.1, 0.15) is 18.4 Å². The van der Waals surface area contributed by atoms with Crippen molar-refractivity contribution >= 4 is 11.6 Å². The molecule has 2 fully saturated rings. The molecule has 1 aromatic carbocycles. The molecule has 2 unspecified atom stereocenters. The first-order valence-electron chi connectivity index (χ1n) is 6.36. The van der Waals surface area contributed by atoms with Crippen LogP contribution in [-0.2, 0) is 0 Å². The first-order valence-corrected chi connectivity index (χ1v) is 6.74. The molecule has 18 heavy (non-hydrogen) atoms. The molecule has 3 rings (SSSR count). The van der Waals surface area contributed by atoms with E-state index in [-0.39, 0.29) is 0 Å². The molecular weight excluding hydrogens is 248 g/mol. The minimum atomic E-state index is 0.473. The maximum absolute atomic E-state index is 8.89. The largest absolute Gasteiger partial charge is 0.492 e. The van der Waals surface area contributed by atoms with E-state index >= 15 is 0 Å². The second kappa shape index (κ2) is 4.79. The number of hydrogen-bond donors (Lipinski definition) is 0. The zero-order valence-electron chi connectivity index (χ0n) is 10.1. The molecule has 0 radical (unpaired) electrons. The first kappa shape index (κ1) is 11.8. The van der Waals surface area contributed by atoms with E-state index in [0.29, 0.717) is 23.2 Å². The van der Waals surface area contributed by atoms with Crippen LogP contribution in [0, 0.1) is 11.3 Å². The fourth-order valence-electron chi connectivity index (χ4n) is 2.38. The quantitative estimate of drug-likeness (QED) is 0.783. The maximum atomic E-state index is 8.89. The fourth-order valence-corrected chi connectivity index (χ4v) is 2.54. The van der Waals surface area contributed by atoms with E-state index in [1.54, 1.807) is 12.1 Å². The summed E-state index contributed by atoms with van der Waals surface area (Å²) in [4.78, 5) is 2.50. The Labute approximate surface area is 112 Å². The van der Waals surface area contributed by atoms with Gasteiger partial charge in [0.25, 0.3) is 0 Å². The van der Waals surface area contributed by atoms with Gasteiger partial charge in [0.05, 0.1) is 16.6 Å². The SMILES string of the molecule is N#Cc1cc(OCC2CN2C2CCC2)ccc1Cl. The topological polar surface area (TPSA) is 36.0 Å². The van der Waals surface area contributed by atoms with Gasteiger partial charge in [-0.05, 0) is 31.0 Å². The molecule has 0 amide bonds. The molecule has 1 aromatic rings. The Morgan fingerprint density at radius 1 is 1.44 bits per heavy atom. The molecule has 1 saturated heterocycles. The fraction of sp³-hybridized carbons (Fsp3) is 0.500. The van der Waals surface area contributed by atoms with Crippen molar-refractivity contribution < 1.29 is 4.74 Å². The lowest BCUT2D eigenvalue weighted by Crippen LogP contribution is -2.29. The monoisotopic (exact) mass is 262 g/mol. The van der Waals surface area contributed by atoms with Gasteiger partial charge in [0, 0.05) is 12.6 Å². The molecule has 1 saturated carbocycles. The second-order valence-corrected chi connectivity index (χ2v) is 5.41. The average molecular weight is 263 g/mol. The van der Waals surface area contributed by atoms with Gasteiger partial charge < -0.3 is 4.74 Å². The van der Waals surface area contributed by atoms with Gasteiger partial charge in [-0.1, -0.05) is 18.0 Å². The van der Waals surface area contributed by atoms with Crippen molar-refractivity contribution in [3.8, 4) is 11.8 Å². The normalized spacial score (nSPS) is 26.2. The highest BCUT2D eigenvalue weighted by molar-refractivity contribution is 6.31. The minimum Gasteiger partial charge on any atom is -0.492 e. The maximum Gasteiger partial charge on any atom is 0.120 e. The van der Waals surface area contributed by atoms with Gasteiger partial charge in [-0.2, -0.15) is 5.26 Å². The van der Waals surface area contributed by atoms with E-state index in [1.807, 2.05) is 6.07 Å². The molecule has 1 aliphatic carbocycles. The van der Waals surface area contributed by atoms with Gasteiger partial charge in [-0.15, -0.1) is 0 Å². The number of hydrogen-bond acceptors (Lipinski definition) is 3. The van der Waals surface area contributed by atoms with E-state index in [2.05, 4.69) is 11.0 Å². The summed E-state index contributed by atoms with van der Waals surface area (Å²) in [5.74, 6) is 0.733. The van der Waals surface area contributed by atoms with Crippen LogP contribution in [0.2, 0.25) is 5.02 Å². The van der Waals surface area contributed by atoms with Gasteiger partial charge in [0.15, 0.2) is 0 Å². The van der Waals surface area contributed by atoms with Gasteiger partial charge >= 0.3 is 0 Å². The van der Waals surface area contributed by atoms with E-state index in [1.165, 1.54) is 19.3 Å². The van der Waals surface area contributed by atoms with E-state index in [4.69, 9.17) is 21.6 Å². The van der Waals surface area contributed by atoms with Crippen LogP contribution in [0.4, 0.5) is 0 Å². The van der Waals surface area contributed by atoms with Crippen LogP contribution >= 0.6 is 11.6 Å². The summed E-state index contributed by atoms with van der Waals surface area (Å²) in [7, 11) is 0. The molecule has 1 aliphatic heterocycles. The molecule has 3 nitrogen and oxygen atoms in total. The summed E-state index contributed by atoms with van der Waals surface area (Å²) in [5.41, 5.74) is 0.473. The lowest BCUT2D eigenvalue weighted by atomic mass is 9.93. The lowest BCUT2D eigenvalue weighted by Gasteiger charge is -2.27. The van der Waals surface area contributed by atoms with Crippen LogP contribution in [0.5, 0.6) is 5.75 Å². The number of rotatable bonds is 4. The highest BCUT2D eigenvalue weighted by atomic mass is 35.5. The summed E-state index contributed by atoms with van der Waals surface area (Å²) in [6.07, 6.45) is 4.06. The predicted molar refractivity (Wildman–Crippen MR) is 69.8 cm³/mol. The summed E-state index contributed by atoms with van der Waals surface area (Å²) in [5, 5.41) is 9.37. The molecule has 94 valence electrons. The Kier molecular flexibility index (Phi) is 3.15. The lowest BCUT2D eigenvalue weighted by molar-refractivity contribution is 0.215. The van der Waals surface area contributed by atoms with Crippen LogP contribution in [-0.4, -0.2) is 30.1 Å². The Hall–Kier alpha value is -1.24. The van der Waals surface area contributed by atoms with Crippen LogP contribution < -0.4 is 4.74 Å². The van der Waals surface area contributed by atoms with Gasteiger partial charge in [-0.25, -0.2) is 0 Å². The molecule has 0 bridgehead atoms. The van der Waals surface area contributed by atoms with Crippen molar-refractivity contribution in [3.05, 3.63) is 28.8 Å². The number of benzene rings is 1. The van der Waals surface area contributed by atoms with Crippen molar-refractivity contribution in [2.75, 3.05) is 13.2 Å². The highest BCUT2D eigenvalue weighted by Gasteiger charge is 2.42. The summed E-state index contributed by atoms with van der Waals surface area (Å²) in [6.45, 7) is 1.87. The van der Waals surface area contributed by atoms with E-state index < -0.39 is 0 Å². The summed E-state index contributed by atoms with van der Waals surface area (Å²) in [6, 6.07) is 8.67. The zero-order valence-corrected chi connectivity index (χ0v) is 10.9. The third-order valence-corrected chi connectivity index (χ3v) is 4.13. The molecular formula is C14H15ClN2O. The van der Waals surface area contributed by atoms with Crippen LogP contribution in [0.3, 0.4) is 0 Å². The Morgan fingerprint density at radius 3 is 2.94 bits per heavy atom. The average Bonchev–Trinajstić information content (AvgIpc) is 3.05. The highest BCUT2D eigenvalue weighted by Crippen LogP contribution is 2.34. The van der Waals surface area contributed by atoms with Crippen LogP contribution in [0.15, 0.2) is 18.2 Å². The minimum absolute atomic E-state index is 0.473. The van der Waals surface area contributed by atoms with Crippen molar-refractivity contribution in [1.29, 1.82) is 5.26 Å². The standard InChI is InChI=1S/C14H15ClN2O/c15-14-5-4-13(6-10(14)7-16)18-9-12-8-17(12)11-2-1-3-11/h4-6,11-12H,1-3,8-9H2. The van der Waals surface area contributed by atoms with Crippen LogP contribution in [0.25, 0.3) is 0 Å². The summed E-state index contributed by atoms with van der Waals surface area (Å²) < 4.78 is 5.72. The molecule has 2 aliphatic rings. The first-order chi connectivity index (χ1) is 8.78. The van der Waals surface area contributed by atoms with Crippen molar-refractivity contribution in [1.82, 2.24) is 4.90 Å². The van der Waals surface area contributed by atoms with Crippen molar-refractivity contribution in [3.63, 3.8) is 0 Å². The third kappa shape index (κ3) is 2.31. The van der Waals surface area contributed by atoms with Gasteiger partial charge in [-0.3, -0.25) is 4.90 Å². The number of nitriles is 1. The Morgan fingerprint density at radius 2 is 2.28 bits per heavy atom. The number of halogens is 1. The van der Waals surface area contributed by atoms with Crippen molar-refractivity contribution in [2.24, 2.45) is 0 Å².